The maximum absolute atomic E-state index is 10.8. The third-order valence-corrected chi connectivity index (χ3v) is 3.52. The zero-order chi connectivity index (χ0) is 8.43. The van der Waals surface area contributed by atoms with Crippen molar-refractivity contribution in [3.8, 4) is 0 Å². The monoisotopic (exact) mass is 191 g/mol. The van der Waals surface area contributed by atoms with Gasteiger partial charge in [-0.05, 0) is 6.07 Å². The molecule has 0 bridgehead atoms. The van der Waals surface area contributed by atoms with Gasteiger partial charge in [0.05, 0.1) is 19.9 Å². The molecule has 0 aromatic carbocycles. The molecule has 1 aromatic heterocycles. The van der Waals surface area contributed by atoms with Gasteiger partial charge in [-0.1, -0.05) is 11.3 Å². The van der Waals surface area contributed by atoms with Gasteiger partial charge in [0.25, 0.3) is 0 Å². The van der Waals surface area contributed by atoms with Crippen LogP contribution in [0.25, 0.3) is 0 Å². The highest BCUT2D eigenvalue weighted by Gasteiger charge is 2.10. The zero-order valence-electron chi connectivity index (χ0n) is 5.64. The molecule has 0 amide bonds. The molecule has 0 aliphatic heterocycles. The Morgan fingerprint density at radius 3 is 2.55 bits per heavy atom. The Kier molecular flexibility index (Phi) is 2.35. The lowest BCUT2D eigenvalue weighted by Gasteiger charge is -1.83. The molecule has 4 nitrogen and oxygen atoms in total. The summed E-state index contributed by atoms with van der Waals surface area (Å²) in [5.41, 5.74) is 0. The molecule has 0 saturated heterocycles. The molecule has 1 rings (SSSR count). The Bertz CT molecular complexity index is 278. The van der Waals surface area contributed by atoms with Crippen molar-refractivity contribution < 1.29 is 9.13 Å². The van der Waals surface area contributed by atoms with Crippen molar-refractivity contribution in [2.75, 3.05) is 6.26 Å². The van der Waals surface area contributed by atoms with E-state index >= 15 is 0 Å². The van der Waals surface area contributed by atoms with E-state index in [4.69, 9.17) is 0 Å². The Hall–Kier alpha value is -0.750. The number of nitro groups is 1. The first-order valence-electron chi connectivity index (χ1n) is 2.69. The summed E-state index contributed by atoms with van der Waals surface area (Å²) in [7, 11) is -1.11. The van der Waals surface area contributed by atoms with Gasteiger partial charge in [-0.2, -0.15) is 0 Å². The van der Waals surface area contributed by atoms with Crippen molar-refractivity contribution in [3.63, 3.8) is 0 Å². The van der Waals surface area contributed by atoms with E-state index in [1.165, 1.54) is 18.4 Å². The maximum Gasteiger partial charge on any atom is 0.325 e. The van der Waals surface area contributed by atoms with Crippen molar-refractivity contribution in [2.24, 2.45) is 0 Å². The van der Waals surface area contributed by atoms with Crippen LogP contribution in [0.1, 0.15) is 0 Å². The lowest BCUT2D eigenvalue weighted by molar-refractivity contribution is -0.380. The first kappa shape index (κ1) is 8.35. The van der Waals surface area contributed by atoms with E-state index < -0.39 is 15.7 Å². The zero-order valence-corrected chi connectivity index (χ0v) is 7.28. The average molecular weight is 191 g/mol. The molecule has 0 aliphatic rings. The van der Waals surface area contributed by atoms with Crippen LogP contribution >= 0.6 is 11.3 Å². The summed E-state index contributed by atoms with van der Waals surface area (Å²) >= 11 is 0.950. The van der Waals surface area contributed by atoms with Gasteiger partial charge < -0.3 is 0 Å². The fourth-order valence-electron chi connectivity index (χ4n) is 0.563. The van der Waals surface area contributed by atoms with E-state index in [-0.39, 0.29) is 5.00 Å². The van der Waals surface area contributed by atoms with Gasteiger partial charge in [0.1, 0.15) is 0 Å². The van der Waals surface area contributed by atoms with Crippen LogP contribution in [0.3, 0.4) is 0 Å². The van der Waals surface area contributed by atoms with Crippen molar-refractivity contribution in [2.45, 2.75) is 4.21 Å². The SMILES string of the molecule is CS(=O)c1ccc([N+](=O)[O-])s1. The maximum atomic E-state index is 10.8. The molecule has 0 saturated carbocycles. The predicted octanol–water partition coefficient (Wildman–Crippen LogP) is 1.39. The van der Waals surface area contributed by atoms with Crippen molar-refractivity contribution >= 4 is 27.1 Å². The van der Waals surface area contributed by atoms with Gasteiger partial charge in [0, 0.05) is 12.3 Å². The fourth-order valence-corrected chi connectivity index (χ4v) is 2.10. The van der Waals surface area contributed by atoms with Crippen LogP contribution in [-0.4, -0.2) is 15.4 Å². The molecule has 0 N–H and O–H groups in total. The molecule has 0 radical (unpaired) electrons. The second-order valence-electron chi connectivity index (χ2n) is 1.80. The highest BCUT2D eigenvalue weighted by Crippen LogP contribution is 2.25. The molecule has 6 heteroatoms. The van der Waals surface area contributed by atoms with Crippen molar-refractivity contribution in [1.29, 1.82) is 0 Å². The average Bonchev–Trinajstić information content (AvgIpc) is 2.33. The van der Waals surface area contributed by atoms with Crippen LogP contribution in [0, 0.1) is 10.1 Å². The summed E-state index contributed by atoms with van der Waals surface area (Å²) in [6.07, 6.45) is 1.50. The Balaban J connectivity index is 2.99. The third-order valence-electron chi connectivity index (χ3n) is 1.03. The van der Waals surface area contributed by atoms with Crippen LogP contribution in [-0.2, 0) is 10.8 Å². The summed E-state index contributed by atoms with van der Waals surface area (Å²) < 4.78 is 11.3. The second-order valence-corrected chi connectivity index (χ2v) is 4.47. The Morgan fingerprint density at radius 2 is 2.27 bits per heavy atom. The summed E-state index contributed by atoms with van der Waals surface area (Å²) in [6, 6.07) is 2.88. The second kappa shape index (κ2) is 3.10. The van der Waals surface area contributed by atoms with Crippen molar-refractivity contribution in [1.82, 2.24) is 0 Å². The van der Waals surface area contributed by atoms with Gasteiger partial charge in [-0.3, -0.25) is 14.3 Å². The summed E-state index contributed by atoms with van der Waals surface area (Å²) in [4.78, 5) is 9.67. The van der Waals surface area contributed by atoms with E-state index in [0.717, 1.165) is 11.3 Å². The summed E-state index contributed by atoms with van der Waals surface area (Å²) in [6.45, 7) is 0. The van der Waals surface area contributed by atoms with Crippen molar-refractivity contribution in [3.05, 3.63) is 22.2 Å². The minimum Gasteiger partial charge on any atom is -0.258 e. The van der Waals surface area contributed by atoms with Crippen LogP contribution in [0.4, 0.5) is 5.00 Å². The molecule has 0 spiro atoms. The van der Waals surface area contributed by atoms with Crippen LogP contribution < -0.4 is 0 Å². The van der Waals surface area contributed by atoms with E-state index in [1.54, 1.807) is 0 Å². The number of hydrogen-bond donors (Lipinski definition) is 0. The lowest BCUT2D eigenvalue weighted by Crippen LogP contribution is -1.81. The van der Waals surface area contributed by atoms with Gasteiger partial charge in [0.2, 0.25) is 0 Å². The Morgan fingerprint density at radius 1 is 1.64 bits per heavy atom. The van der Waals surface area contributed by atoms with E-state index in [0.29, 0.717) is 4.21 Å². The number of hydrogen-bond acceptors (Lipinski definition) is 4. The van der Waals surface area contributed by atoms with Crippen LogP contribution in [0.2, 0.25) is 0 Å². The molecule has 1 atom stereocenters. The molecule has 0 fully saturated rings. The predicted molar refractivity (Wildman–Crippen MR) is 43.3 cm³/mol. The smallest absolute Gasteiger partial charge is 0.258 e. The van der Waals surface area contributed by atoms with E-state index in [1.807, 2.05) is 0 Å². The normalized spacial score (nSPS) is 12.8. The van der Waals surface area contributed by atoms with Crippen LogP contribution in [0.15, 0.2) is 16.3 Å². The topological polar surface area (TPSA) is 60.2 Å². The molecule has 1 aromatic rings. The minimum absolute atomic E-state index is 0.0372. The molecule has 11 heavy (non-hydrogen) atoms. The molecular weight excluding hydrogens is 186 g/mol. The van der Waals surface area contributed by atoms with E-state index in [2.05, 4.69) is 0 Å². The molecular formula is C5H5NO3S2. The number of thiophene rings is 1. The standard InChI is InChI=1S/C5H5NO3S2/c1-11(9)5-3-2-4(10-5)6(7)8/h2-3H,1H3. The summed E-state index contributed by atoms with van der Waals surface area (Å²) in [5, 5.41) is 10.2. The Labute approximate surface area is 69.5 Å². The molecule has 1 heterocycles. The fraction of sp³-hybridized carbons (Fsp3) is 0.200. The largest absolute Gasteiger partial charge is 0.325 e. The highest BCUT2D eigenvalue weighted by atomic mass is 32.2. The number of nitrogens with zero attached hydrogens (tertiary/aromatic N) is 1. The van der Waals surface area contributed by atoms with Gasteiger partial charge in [0.15, 0.2) is 0 Å². The van der Waals surface area contributed by atoms with Gasteiger partial charge >= 0.3 is 5.00 Å². The van der Waals surface area contributed by atoms with E-state index in [9.17, 15) is 14.3 Å². The quantitative estimate of drug-likeness (QED) is 0.524. The molecule has 1 unspecified atom stereocenters. The minimum atomic E-state index is -1.11. The first-order chi connectivity index (χ1) is 5.11. The van der Waals surface area contributed by atoms with Crippen LogP contribution in [0.5, 0.6) is 0 Å². The number of rotatable bonds is 2. The molecule has 60 valence electrons. The highest BCUT2D eigenvalue weighted by molar-refractivity contribution is 7.86. The lowest BCUT2D eigenvalue weighted by atomic mass is 10.6. The third kappa shape index (κ3) is 1.84. The van der Waals surface area contributed by atoms with Gasteiger partial charge in [-0.25, -0.2) is 0 Å². The molecule has 0 aliphatic carbocycles. The summed E-state index contributed by atoms with van der Waals surface area (Å²) in [5.74, 6) is 0. The van der Waals surface area contributed by atoms with Gasteiger partial charge in [-0.15, -0.1) is 0 Å². The first-order valence-corrected chi connectivity index (χ1v) is 5.06.